The zero-order chi connectivity index (χ0) is 19.6. The average molecular weight is 396 g/mol. The minimum Gasteiger partial charge on any atom is -0.493 e. The molecule has 0 unspecified atom stereocenters. The van der Waals surface area contributed by atoms with Crippen molar-refractivity contribution >= 4 is 40.8 Å². The molecule has 0 amide bonds. The molecule has 138 valence electrons. The summed E-state index contributed by atoms with van der Waals surface area (Å²) in [5, 5.41) is 52.5. The molecule has 0 saturated heterocycles. The van der Waals surface area contributed by atoms with Gasteiger partial charge in [-0.25, -0.2) is 14.1 Å². The standard InChI is InChI=1S/C14H8N10O3S/c15-12-20-19-9-10(26)18-8(23(9)12)5(7(25)4-2-1-3-28-4)6-11(27)24-13(16)21-22-14(24)17-6/h1-3,5,15-16,26-27H/t5-/m0/s1. The van der Waals surface area contributed by atoms with Crippen LogP contribution >= 0.6 is 11.3 Å². The van der Waals surface area contributed by atoms with E-state index in [1.807, 2.05) is 0 Å². The van der Waals surface area contributed by atoms with Crippen molar-refractivity contribution in [2.24, 2.45) is 20.5 Å². The Morgan fingerprint density at radius 3 is 2.54 bits per heavy atom. The molecule has 5 heterocycles. The van der Waals surface area contributed by atoms with Crippen LogP contribution in [0.5, 0.6) is 11.8 Å². The van der Waals surface area contributed by atoms with Crippen LogP contribution in [0, 0.1) is 10.8 Å². The van der Waals surface area contributed by atoms with Crippen LogP contribution in [-0.4, -0.2) is 47.0 Å². The van der Waals surface area contributed by atoms with Gasteiger partial charge in [0.25, 0.3) is 17.8 Å². The lowest BCUT2D eigenvalue weighted by molar-refractivity contribution is 0.0972. The van der Waals surface area contributed by atoms with Gasteiger partial charge in [-0.1, -0.05) is 6.07 Å². The van der Waals surface area contributed by atoms with Crippen molar-refractivity contribution in [3.8, 4) is 11.8 Å². The lowest BCUT2D eigenvalue weighted by atomic mass is 9.98. The van der Waals surface area contributed by atoms with Gasteiger partial charge in [0, 0.05) is 0 Å². The largest absolute Gasteiger partial charge is 0.493 e. The average Bonchev–Trinajstić information content (AvgIpc) is 3.45. The fourth-order valence-electron chi connectivity index (χ4n) is 2.98. The minimum atomic E-state index is -1.30. The number of fused-ring (bicyclic) bond motifs is 2. The number of ketones is 1. The summed E-state index contributed by atoms with van der Waals surface area (Å²) in [6, 6.07) is 3.28. The van der Waals surface area contributed by atoms with E-state index in [-0.39, 0.29) is 35.2 Å². The molecule has 0 saturated carbocycles. The van der Waals surface area contributed by atoms with Crippen molar-refractivity contribution < 1.29 is 15.0 Å². The number of nitrogens with one attached hydrogen (secondary N) is 2. The minimum absolute atomic E-state index is 0.0663. The molecule has 5 rings (SSSR count). The Morgan fingerprint density at radius 2 is 1.82 bits per heavy atom. The van der Waals surface area contributed by atoms with Gasteiger partial charge in [-0.3, -0.25) is 15.6 Å². The Hall–Kier alpha value is -4.07. The summed E-state index contributed by atoms with van der Waals surface area (Å²) in [5.74, 6) is -3.74. The molecule has 0 bridgehead atoms. The summed E-state index contributed by atoms with van der Waals surface area (Å²) in [4.78, 5) is 21.7. The van der Waals surface area contributed by atoms with Gasteiger partial charge in [-0.15, -0.1) is 31.8 Å². The number of thiophene rings is 1. The van der Waals surface area contributed by atoms with E-state index >= 15 is 0 Å². The Bertz CT molecular complexity index is 1250. The van der Waals surface area contributed by atoms with Gasteiger partial charge in [0.05, 0.1) is 4.88 Å². The number of aromatic hydroxyl groups is 2. The molecule has 0 radical (unpaired) electrons. The fourth-order valence-corrected chi connectivity index (χ4v) is 3.68. The predicted molar refractivity (Wildman–Crippen MR) is 93.6 cm³/mol. The van der Waals surface area contributed by atoms with Crippen LogP contribution < -0.4 is 0 Å². The van der Waals surface area contributed by atoms with Gasteiger partial charge in [0.1, 0.15) is 17.4 Å². The van der Waals surface area contributed by atoms with E-state index < -0.39 is 23.5 Å². The molecule has 28 heavy (non-hydrogen) atoms. The summed E-state index contributed by atoms with van der Waals surface area (Å²) >= 11 is 1.18. The van der Waals surface area contributed by atoms with Gasteiger partial charge in [0.15, 0.2) is 5.78 Å². The summed E-state index contributed by atoms with van der Waals surface area (Å²) in [6.07, 6.45) is 0. The third kappa shape index (κ3) is 2.02. The maximum Gasteiger partial charge on any atom is 0.259 e. The lowest BCUT2D eigenvalue weighted by Crippen LogP contribution is -2.21. The normalized spacial score (nSPS) is 15.3. The van der Waals surface area contributed by atoms with Crippen LogP contribution in [0.2, 0.25) is 0 Å². The molecule has 4 N–H and O–H groups in total. The van der Waals surface area contributed by atoms with Crippen LogP contribution in [0.4, 0.5) is 11.8 Å². The number of azo groups is 2. The van der Waals surface area contributed by atoms with Gasteiger partial charge in [0.2, 0.25) is 17.7 Å². The molecule has 0 spiro atoms. The lowest BCUT2D eigenvalue weighted by Gasteiger charge is -2.13. The highest BCUT2D eigenvalue weighted by molar-refractivity contribution is 7.12. The number of hydrogen-bond acceptors (Lipinski definition) is 10. The molecule has 1 atom stereocenters. The Morgan fingerprint density at radius 1 is 1.07 bits per heavy atom. The highest BCUT2D eigenvalue weighted by Crippen LogP contribution is 2.42. The monoisotopic (exact) mass is 396 g/mol. The van der Waals surface area contributed by atoms with Crippen LogP contribution in [0.25, 0.3) is 0 Å². The molecule has 3 aromatic rings. The van der Waals surface area contributed by atoms with E-state index in [0.29, 0.717) is 4.88 Å². The second-order valence-electron chi connectivity index (χ2n) is 5.73. The van der Waals surface area contributed by atoms with Crippen molar-refractivity contribution in [2.45, 2.75) is 5.92 Å². The highest BCUT2D eigenvalue weighted by Gasteiger charge is 2.40. The van der Waals surface area contributed by atoms with Crippen molar-refractivity contribution in [2.75, 3.05) is 0 Å². The second-order valence-corrected chi connectivity index (χ2v) is 6.68. The molecule has 3 aromatic heterocycles. The maximum atomic E-state index is 13.3. The van der Waals surface area contributed by atoms with Crippen molar-refractivity contribution in [3.63, 3.8) is 0 Å². The smallest absolute Gasteiger partial charge is 0.259 e. The summed E-state index contributed by atoms with van der Waals surface area (Å²) < 4.78 is 2.07. The zero-order valence-corrected chi connectivity index (χ0v) is 14.4. The SMILES string of the molecule is N=C1N=Nc2nc([C@@H](C(=O)c3cccs3)c3nc(O)c4n3C(=N)N=N4)c(O)n21. The molecule has 13 nitrogen and oxygen atoms in total. The first-order chi connectivity index (χ1) is 13.5. The van der Waals surface area contributed by atoms with Gasteiger partial charge < -0.3 is 10.2 Å². The third-order valence-corrected chi connectivity index (χ3v) is 5.06. The molecule has 2 aliphatic heterocycles. The number of Topliss-reactive ketones (excluding diaryl/α,β-unsaturated/α-hetero) is 1. The Balaban J connectivity index is 1.75. The molecule has 0 aromatic carbocycles. The van der Waals surface area contributed by atoms with E-state index in [9.17, 15) is 15.0 Å². The molecular formula is C14H8N10O3S. The number of carbonyl (C=O) groups excluding carboxylic acids is 1. The summed E-state index contributed by atoms with van der Waals surface area (Å²) in [5.41, 5.74) is -0.135. The van der Waals surface area contributed by atoms with Crippen LogP contribution in [0.15, 0.2) is 38.0 Å². The number of carbonyl (C=O) groups is 1. The van der Waals surface area contributed by atoms with Crippen molar-refractivity contribution in [1.82, 2.24) is 19.1 Å². The molecule has 14 heteroatoms. The number of aromatic nitrogens is 4. The first-order valence-corrected chi connectivity index (χ1v) is 8.57. The van der Waals surface area contributed by atoms with E-state index in [0.717, 1.165) is 9.13 Å². The quantitative estimate of drug-likeness (QED) is 0.491. The number of rotatable bonds is 4. The Kier molecular flexibility index (Phi) is 3.15. The topological polar surface area (TPSA) is 190 Å². The number of hydrogen-bond donors (Lipinski definition) is 4. The maximum absolute atomic E-state index is 13.3. The predicted octanol–water partition coefficient (Wildman–Crippen LogP) is 2.33. The van der Waals surface area contributed by atoms with E-state index in [1.165, 1.54) is 11.3 Å². The van der Waals surface area contributed by atoms with E-state index in [4.69, 9.17) is 10.8 Å². The molecule has 0 aliphatic carbocycles. The molecular weight excluding hydrogens is 388 g/mol. The van der Waals surface area contributed by atoms with Crippen LogP contribution in [-0.2, 0) is 0 Å². The van der Waals surface area contributed by atoms with Gasteiger partial charge in [-0.2, -0.15) is 4.98 Å². The number of imidazole rings is 2. The Labute approximate surface area is 158 Å². The fraction of sp³-hybridized carbons (Fsp3) is 0.0714. The first-order valence-electron chi connectivity index (χ1n) is 7.69. The summed E-state index contributed by atoms with van der Waals surface area (Å²) in [6.45, 7) is 0. The second kappa shape index (κ2) is 5.46. The third-order valence-electron chi connectivity index (χ3n) is 4.18. The first kappa shape index (κ1) is 16.1. The summed E-state index contributed by atoms with van der Waals surface area (Å²) in [7, 11) is 0. The molecule has 2 aliphatic rings. The van der Waals surface area contributed by atoms with E-state index in [2.05, 4.69) is 30.4 Å². The highest BCUT2D eigenvalue weighted by atomic mass is 32.1. The zero-order valence-electron chi connectivity index (χ0n) is 13.6. The van der Waals surface area contributed by atoms with Gasteiger partial charge >= 0.3 is 0 Å². The van der Waals surface area contributed by atoms with Crippen LogP contribution in [0.3, 0.4) is 0 Å². The van der Waals surface area contributed by atoms with Crippen molar-refractivity contribution in [1.29, 1.82) is 10.8 Å². The van der Waals surface area contributed by atoms with E-state index in [1.54, 1.807) is 17.5 Å². The van der Waals surface area contributed by atoms with Gasteiger partial charge in [-0.05, 0) is 11.4 Å². The van der Waals surface area contributed by atoms with Crippen molar-refractivity contribution in [3.05, 3.63) is 33.9 Å². The number of nitrogens with zero attached hydrogens (tertiary/aromatic N) is 8. The molecule has 0 fully saturated rings. The van der Waals surface area contributed by atoms with Crippen LogP contribution in [0.1, 0.15) is 27.1 Å².